The highest BCUT2D eigenvalue weighted by Gasteiger charge is 2.40. The third-order valence-corrected chi connectivity index (χ3v) is 9.73. The summed E-state index contributed by atoms with van der Waals surface area (Å²) in [5, 5.41) is 2.80. The number of amides is 1. The average Bonchev–Trinajstić information content (AvgIpc) is 3.35. The van der Waals surface area contributed by atoms with Crippen molar-refractivity contribution in [2.45, 2.75) is 43.7 Å². The van der Waals surface area contributed by atoms with Crippen LogP contribution in [-0.4, -0.2) is 47.1 Å². The number of rotatable bonds is 5. The summed E-state index contributed by atoms with van der Waals surface area (Å²) < 4.78 is 29.4. The van der Waals surface area contributed by atoms with E-state index in [1.807, 2.05) is 68.1 Å². The van der Waals surface area contributed by atoms with Crippen LogP contribution >= 0.6 is 11.3 Å². The molecule has 6 nitrogen and oxygen atoms in total. The van der Waals surface area contributed by atoms with E-state index in [2.05, 4.69) is 16.4 Å². The molecule has 0 fully saturated rings. The molecule has 0 bridgehead atoms. The number of thiophene rings is 1. The van der Waals surface area contributed by atoms with Gasteiger partial charge in [0.1, 0.15) is 4.90 Å². The molecule has 3 heterocycles. The molecule has 2 aromatic carbocycles. The molecule has 186 valence electrons. The highest BCUT2D eigenvalue weighted by Crippen LogP contribution is 2.38. The lowest BCUT2D eigenvalue weighted by Crippen LogP contribution is -2.52. The topological polar surface area (TPSA) is 70.6 Å². The Morgan fingerprint density at radius 1 is 1.06 bits per heavy atom. The summed E-state index contributed by atoms with van der Waals surface area (Å²) in [5.74, 6) is -0.215. The second-order valence-electron chi connectivity index (χ2n) is 9.96. The summed E-state index contributed by atoms with van der Waals surface area (Å²) in [6, 6.07) is 20.5. The van der Waals surface area contributed by atoms with E-state index in [9.17, 15) is 13.2 Å². The van der Waals surface area contributed by atoms with Crippen LogP contribution in [0.15, 0.2) is 83.2 Å². The summed E-state index contributed by atoms with van der Waals surface area (Å²) in [5.41, 5.74) is 1.73. The smallest absolute Gasteiger partial charge is 0.246 e. The fraction of sp³-hybridized carbons (Fsp3) is 0.286. The highest BCUT2D eigenvalue weighted by molar-refractivity contribution is 7.89. The van der Waals surface area contributed by atoms with E-state index in [0.29, 0.717) is 12.1 Å². The number of hydrogen-bond donors (Lipinski definition) is 0. The summed E-state index contributed by atoms with van der Waals surface area (Å²) in [6.45, 7) is 5.74. The molecule has 1 amide bonds. The average molecular weight is 520 g/mol. The zero-order valence-electron chi connectivity index (χ0n) is 20.6. The predicted octanol–water partition coefficient (Wildman–Crippen LogP) is 5.26. The van der Waals surface area contributed by atoms with E-state index >= 15 is 0 Å². The second kappa shape index (κ2) is 9.42. The molecule has 4 aromatic rings. The van der Waals surface area contributed by atoms with E-state index in [0.717, 1.165) is 22.9 Å². The molecule has 0 saturated carbocycles. The van der Waals surface area contributed by atoms with Gasteiger partial charge in [0.25, 0.3) is 0 Å². The minimum Gasteiger partial charge on any atom is -0.330 e. The van der Waals surface area contributed by atoms with Crippen LogP contribution in [0, 0.1) is 0 Å². The Morgan fingerprint density at radius 3 is 2.56 bits per heavy atom. The summed E-state index contributed by atoms with van der Waals surface area (Å²) in [7, 11) is -4.03. The van der Waals surface area contributed by atoms with E-state index in [1.165, 1.54) is 9.18 Å². The van der Waals surface area contributed by atoms with Crippen molar-refractivity contribution in [1.29, 1.82) is 0 Å². The van der Waals surface area contributed by atoms with Crippen molar-refractivity contribution >= 4 is 38.2 Å². The van der Waals surface area contributed by atoms with Crippen molar-refractivity contribution < 1.29 is 13.2 Å². The van der Waals surface area contributed by atoms with Crippen LogP contribution in [-0.2, 0) is 21.2 Å². The number of benzene rings is 2. The Labute approximate surface area is 216 Å². The number of pyridine rings is 1. The Balaban J connectivity index is 1.53. The largest absolute Gasteiger partial charge is 0.330 e. The molecule has 1 aliphatic heterocycles. The standard InChI is InChI=1S/C28H29N3O3S2/c1-28(2,3)31(36(33,34)24-13-7-11-20-12-8-16-29-26(20)24)19-25(32)30-17-14-23-22(15-18-35-23)27(30)21-9-5-4-6-10-21/h4-13,15-16,18,27H,14,17,19H2,1-3H3/t27-/m1/s1. The third kappa shape index (κ3) is 4.45. The first-order chi connectivity index (χ1) is 17.2. The van der Waals surface area contributed by atoms with E-state index < -0.39 is 15.6 Å². The van der Waals surface area contributed by atoms with Gasteiger partial charge in [0.2, 0.25) is 15.9 Å². The quantitative estimate of drug-likeness (QED) is 0.361. The van der Waals surface area contributed by atoms with Crippen LogP contribution in [0.2, 0.25) is 0 Å². The van der Waals surface area contributed by atoms with Gasteiger partial charge >= 0.3 is 0 Å². The number of aromatic nitrogens is 1. The van der Waals surface area contributed by atoms with Crippen molar-refractivity contribution in [3.8, 4) is 0 Å². The van der Waals surface area contributed by atoms with Crippen LogP contribution < -0.4 is 0 Å². The molecule has 5 rings (SSSR count). The van der Waals surface area contributed by atoms with Gasteiger partial charge in [0.15, 0.2) is 0 Å². The summed E-state index contributed by atoms with van der Waals surface area (Å²) in [4.78, 5) is 21.5. The van der Waals surface area contributed by atoms with Gasteiger partial charge in [-0.2, -0.15) is 4.31 Å². The van der Waals surface area contributed by atoms with Crippen molar-refractivity contribution in [3.05, 3.63) is 94.3 Å². The zero-order valence-corrected chi connectivity index (χ0v) is 22.2. The molecule has 0 aliphatic carbocycles. The van der Waals surface area contributed by atoms with Gasteiger partial charge < -0.3 is 4.90 Å². The number of sulfonamides is 1. The number of carbonyl (C=O) groups is 1. The summed E-state index contributed by atoms with van der Waals surface area (Å²) >= 11 is 1.71. The minimum absolute atomic E-state index is 0.113. The predicted molar refractivity (Wildman–Crippen MR) is 143 cm³/mol. The lowest BCUT2D eigenvalue weighted by atomic mass is 9.93. The van der Waals surface area contributed by atoms with Crippen LogP contribution in [0.5, 0.6) is 0 Å². The van der Waals surface area contributed by atoms with E-state index in [-0.39, 0.29) is 23.4 Å². The van der Waals surface area contributed by atoms with Crippen LogP contribution in [0.1, 0.15) is 42.8 Å². The molecular weight excluding hydrogens is 490 g/mol. The SMILES string of the molecule is CC(C)(C)N(CC(=O)N1CCc2sccc2[C@H]1c1ccccc1)S(=O)(=O)c1cccc2cccnc12. The lowest BCUT2D eigenvalue weighted by Gasteiger charge is -2.40. The maximum absolute atomic E-state index is 14.0. The highest BCUT2D eigenvalue weighted by atomic mass is 32.2. The normalized spacial score (nSPS) is 16.3. The van der Waals surface area contributed by atoms with Crippen molar-refractivity contribution in [1.82, 2.24) is 14.2 Å². The first kappa shape index (κ1) is 24.6. The second-order valence-corrected chi connectivity index (χ2v) is 12.8. The molecule has 0 spiro atoms. The number of fused-ring (bicyclic) bond motifs is 2. The fourth-order valence-electron chi connectivity index (χ4n) is 4.88. The molecule has 36 heavy (non-hydrogen) atoms. The first-order valence-corrected chi connectivity index (χ1v) is 14.3. The number of carbonyl (C=O) groups excluding carboxylic acids is 1. The van der Waals surface area contributed by atoms with E-state index in [1.54, 1.807) is 35.7 Å². The monoisotopic (exact) mass is 519 g/mol. The maximum atomic E-state index is 14.0. The van der Waals surface area contributed by atoms with Gasteiger partial charge in [-0.1, -0.05) is 48.5 Å². The van der Waals surface area contributed by atoms with E-state index in [4.69, 9.17) is 0 Å². The molecule has 0 radical (unpaired) electrons. The van der Waals surface area contributed by atoms with Crippen LogP contribution in [0.3, 0.4) is 0 Å². The van der Waals surface area contributed by atoms with Gasteiger partial charge in [-0.25, -0.2) is 8.42 Å². The van der Waals surface area contributed by atoms with Crippen molar-refractivity contribution in [3.63, 3.8) is 0 Å². The Kier molecular flexibility index (Phi) is 6.44. The van der Waals surface area contributed by atoms with Crippen LogP contribution in [0.25, 0.3) is 10.9 Å². The summed E-state index contributed by atoms with van der Waals surface area (Å²) in [6.07, 6.45) is 2.35. The molecule has 2 aromatic heterocycles. The van der Waals surface area contributed by atoms with Crippen molar-refractivity contribution in [2.75, 3.05) is 13.1 Å². The fourth-order valence-corrected chi connectivity index (χ4v) is 7.69. The van der Waals surface area contributed by atoms with Gasteiger partial charge in [0.05, 0.1) is 18.1 Å². The Bertz CT molecular complexity index is 1500. The molecular formula is C28H29N3O3S2. The molecule has 1 aliphatic rings. The number of para-hydroxylation sites is 1. The van der Waals surface area contributed by atoms with Gasteiger partial charge in [-0.3, -0.25) is 9.78 Å². The van der Waals surface area contributed by atoms with Gasteiger partial charge in [0, 0.05) is 28.5 Å². The molecule has 0 saturated heterocycles. The first-order valence-electron chi connectivity index (χ1n) is 12.0. The number of nitrogens with zero attached hydrogens (tertiary/aromatic N) is 3. The van der Waals surface area contributed by atoms with Crippen LogP contribution in [0.4, 0.5) is 0 Å². The lowest BCUT2D eigenvalue weighted by molar-refractivity contribution is -0.134. The Hall–Kier alpha value is -3.07. The minimum atomic E-state index is -4.03. The molecule has 8 heteroatoms. The van der Waals surface area contributed by atoms with Crippen molar-refractivity contribution in [2.24, 2.45) is 0 Å². The molecule has 1 atom stereocenters. The molecule has 0 unspecified atom stereocenters. The third-order valence-electron chi connectivity index (χ3n) is 6.59. The number of hydrogen-bond acceptors (Lipinski definition) is 5. The van der Waals surface area contributed by atoms with Gasteiger partial charge in [-0.15, -0.1) is 11.3 Å². The Morgan fingerprint density at radius 2 is 1.81 bits per heavy atom. The maximum Gasteiger partial charge on any atom is 0.246 e. The van der Waals surface area contributed by atoms with Gasteiger partial charge in [-0.05, 0) is 61.9 Å². The zero-order chi connectivity index (χ0) is 25.5. The molecule has 0 N–H and O–H groups in total.